The number of para-hydroxylation sites is 1. The van der Waals surface area contributed by atoms with E-state index in [0.717, 1.165) is 58.7 Å². The maximum Gasteiger partial charge on any atom is 0.250 e. The molecule has 5 rings (SSSR count). The number of likely N-dealkylation sites (N-methyl/N-ethyl adjacent to an activating group) is 1. The summed E-state index contributed by atoms with van der Waals surface area (Å²) in [6.45, 7) is 4.09. The molecule has 2 aromatic heterocycles. The van der Waals surface area contributed by atoms with Crippen LogP contribution in [0.25, 0.3) is 22.0 Å². The van der Waals surface area contributed by atoms with Gasteiger partial charge >= 0.3 is 0 Å². The number of rotatable bonds is 5. The molecule has 1 aliphatic rings. The van der Waals surface area contributed by atoms with E-state index in [2.05, 4.69) is 44.4 Å². The van der Waals surface area contributed by atoms with Gasteiger partial charge in [0, 0.05) is 60.3 Å². The number of hydrogen-bond acceptors (Lipinski definition) is 8. The summed E-state index contributed by atoms with van der Waals surface area (Å²) in [6.07, 6.45) is 5.91. The molecule has 0 unspecified atom stereocenters. The van der Waals surface area contributed by atoms with Crippen molar-refractivity contribution in [3.05, 3.63) is 61.1 Å². The molecule has 0 atom stereocenters. The third-order valence-corrected chi connectivity index (χ3v) is 6.67. The second-order valence-electron chi connectivity index (χ2n) is 8.27. The highest BCUT2D eigenvalue weighted by atomic mass is 32.2. The molecule has 0 amide bonds. The molecule has 170 valence electrons. The minimum Gasteiger partial charge on any atom is -0.369 e. The lowest BCUT2D eigenvalue weighted by Crippen LogP contribution is -2.44. The van der Waals surface area contributed by atoms with Crippen LogP contribution in [0.15, 0.2) is 61.1 Å². The van der Waals surface area contributed by atoms with Crippen molar-refractivity contribution in [2.75, 3.05) is 49.7 Å². The van der Waals surface area contributed by atoms with Gasteiger partial charge in [0.2, 0.25) is 5.95 Å². The van der Waals surface area contributed by atoms with E-state index in [1.54, 1.807) is 6.20 Å². The van der Waals surface area contributed by atoms with E-state index in [1.807, 2.05) is 30.3 Å². The Balaban J connectivity index is 1.45. The monoisotopic (exact) mass is 463 g/mol. The van der Waals surface area contributed by atoms with Gasteiger partial charge < -0.3 is 15.1 Å². The van der Waals surface area contributed by atoms with Gasteiger partial charge in [-0.2, -0.15) is 9.19 Å². The molecule has 1 aliphatic heterocycles. The summed E-state index contributed by atoms with van der Waals surface area (Å²) < 4.78 is 24.6. The number of benzene rings is 2. The molecule has 0 radical (unpaired) electrons. The van der Waals surface area contributed by atoms with Gasteiger partial charge in [0.05, 0.1) is 24.2 Å². The zero-order valence-electron chi connectivity index (χ0n) is 18.5. The Morgan fingerprint density at radius 1 is 1.00 bits per heavy atom. The molecule has 4 aromatic rings. The fourth-order valence-corrected chi connectivity index (χ4v) is 4.47. The van der Waals surface area contributed by atoms with Crippen LogP contribution in [0.2, 0.25) is 0 Å². The van der Waals surface area contributed by atoms with Crippen LogP contribution in [0, 0.1) is 0 Å². The van der Waals surface area contributed by atoms with Gasteiger partial charge in [0.25, 0.3) is 10.0 Å². The summed E-state index contributed by atoms with van der Waals surface area (Å²) >= 11 is 0. The zero-order chi connectivity index (χ0) is 23.0. The maximum absolute atomic E-state index is 11.8. The molecule has 33 heavy (non-hydrogen) atoms. The highest BCUT2D eigenvalue weighted by Crippen LogP contribution is 2.29. The fourth-order valence-electron chi connectivity index (χ4n) is 3.95. The quantitative estimate of drug-likeness (QED) is 0.483. The minimum absolute atomic E-state index is 0.473. The average Bonchev–Trinajstić information content (AvgIpc) is 3.30. The number of aromatic nitrogens is 4. The molecule has 1 saturated heterocycles. The van der Waals surface area contributed by atoms with E-state index < -0.39 is 10.0 Å². The lowest BCUT2D eigenvalue weighted by Gasteiger charge is -2.34. The standard InChI is InChI=1S/C23H25N7O2S/c1-28-9-11-29(12-10-28)20-7-4-6-19(13-20)26-23-24-14-17-5-3-8-21(22(17)27-23)18-15-25-30(16-18)33(2,31)32/h3-8,13-16H,9-12H2,1-2H3,(H,24,26,27). The van der Waals surface area contributed by atoms with E-state index in [9.17, 15) is 8.42 Å². The summed E-state index contributed by atoms with van der Waals surface area (Å²) in [6, 6.07) is 14.0. The largest absolute Gasteiger partial charge is 0.369 e. The van der Waals surface area contributed by atoms with Gasteiger partial charge in [0.1, 0.15) is 0 Å². The molecule has 1 fully saturated rings. The van der Waals surface area contributed by atoms with Crippen molar-refractivity contribution in [3.8, 4) is 11.1 Å². The molecule has 9 nitrogen and oxygen atoms in total. The lowest BCUT2D eigenvalue weighted by atomic mass is 10.1. The van der Waals surface area contributed by atoms with Crippen LogP contribution in [0.3, 0.4) is 0 Å². The smallest absolute Gasteiger partial charge is 0.250 e. The van der Waals surface area contributed by atoms with Gasteiger partial charge in [-0.1, -0.05) is 24.3 Å². The summed E-state index contributed by atoms with van der Waals surface area (Å²) in [7, 11) is -1.31. The molecule has 0 aliphatic carbocycles. The van der Waals surface area contributed by atoms with E-state index >= 15 is 0 Å². The number of piperazine rings is 1. The summed E-state index contributed by atoms with van der Waals surface area (Å²) in [5.74, 6) is 0.473. The number of fused-ring (bicyclic) bond motifs is 1. The van der Waals surface area contributed by atoms with Crippen LogP contribution < -0.4 is 10.2 Å². The first-order valence-corrected chi connectivity index (χ1v) is 12.5. The van der Waals surface area contributed by atoms with Crippen LogP contribution in [0.1, 0.15) is 0 Å². The van der Waals surface area contributed by atoms with Crippen LogP contribution in [-0.2, 0) is 10.0 Å². The van der Waals surface area contributed by atoms with Crippen molar-refractivity contribution < 1.29 is 8.42 Å². The predicted octanol–water partition coefficient (Wildman–Crippen LogP) is 2.80. The molecule has 0 spiro atoms. The van der Waals surface area contributed by atoms with Gasteiger partial charge in [-0.05, 0) is 25.2 Å². The van der Waals surface area contributed by atoms with Gasteiger partial charge in [-0.25, -0.2) is 18.4 Å². The summed E-state index contributed by atoms with van der Waals surface area (Å²) in [4.78, 5) is 13.9. The molecule has 10 heteroatoms. The number of anilines is 3. The number of nitrogens with zero attached hydrogens (tertiary/aromatic N) is 6. The van der Waals surface area contributed by atoms with Crippen LogP contribution in [0.5, 0.6) is 0 Å². The summed E-state index contributed by atoms with van der Waals surface area (Å²) in [5.41, 5.74) is 4.26. The second kappa shape index (κ2) is 8.45. The second-order valence-corrected chi connectivity index (χ2v) is 10.1. The summed E-state index contributed by atoms with van der Waals surface area (Å²) in [5, 5.41) is 8.16. The Morgan fingerprint density at radius 3 is 2.55 bits per heavy atom. The first-order valence-electron chi connectivity index (χ1n) is 10.7. The highest BCUT2D eigenvalue weighted by Gasteiger charge is 2.15. The van der Waals surface area contributed by atoms with Crippen molar-refractivity contribution in [1.29, 1.82) is 0 Å². The Labute approximate surface area is 192 Å². The molecule has 2 aromatic carbocycles. The Kier molecular flexibility index (Phi) is 5.47. The molecule has 0 bridgehead atoms. The molecule has 0 saturated carbocycles. The van der Waals surface area contributed by atoms with Crippen molar-refractivity contribution in [1.82, 2.24) is 24.1 Å². The molecule has 1 N–H and O–H groups in total. The molecular weight excluding hydrogens is 438 g/mol. The third kappa shape index (κ3) is 4.53. The van der Waals surface area contributed by atoms with E-state index in [1.165, 1.54) is 18.1 Å². The van der Waals surface area contributed by atoms with Crippen LogP contribution in [-0.4, -0.2) is 72.0 Å². The van der Waals surface area contributed by atoms with Crippen LogP contribution >= 0.6 is 0 Å². The first-order chi connectivity index (χ1) is 15.9. The van der Waals surface area contributed by atoms with Gasteiger partial charge in [-0.15, -0.1) is 0 Å². The Morgan fingerprint density at radius 2 is 1.79 bits per heavy atom. The zero-order valence-corrected chi connectivity index (χ0v) is 19.3. The van der Waals surface area contributed by atoms with Gasteiger partial charge in [0.15, 0.2) is 0 Å². The van der Waals surface area contributed by atoms with Crippen molar-refractivity contribution in [3.63, 3.8) is 0 Å². The van der Waals surface area contributed by atoms with Crippen LogP contribution in [0.4, 0.5) is 17.3 Å². The van der Waals surface area contributed by atoms with E-state index in [4.69, 9.17) is 4.98 Å². The SMILES string of the molecule is CN1CCN(c2cccc(Nc3ncc4cccc(-c5cnn(S(C)(=O)=O)c5)c4n3)c2)CC1. The lowest BCUT2D eigenvalue weighted by molar-refractivity contribution is 0.313. The third-order valence-electron chi connectivity index (χ3n) is 5.79. The minimum atomic E-state index is -3.45. The van der Waals surface area contributed by atoms with Gasteiger partial charge in [-0.3, -0.25) is 0 Å². The Bertz CT molecular complexity index is 1410. The van der Waals surface area contributed by atoms with Crippen molar-refractivity contribution in [2.45, 2.75) is 0 Å². The molecule has 3 heterocycles. The Hall–Kier alpha value is -3.50. The predicted molar refractivity (Wildman–Crippen MR) is 130 cm³/mol. The first kappa shape index (κ1) is 21.4. The number of nitrogens with one attached hydrogen (secondary N) is 1. The van der Waals surface area contributed by atoms with Crippen molar-refractivity contribution >= 4 is 38.2 Å². The normalized spacial score (nSPS) is 15.2. The van der Waals surface area contributed by atoms with E-state index in [0.29, 0.717) is 11.5 Å². The maximum atomic E-state index is 11.8. The average molecular weight is 464 g/mol. The fraction of sp³-hybridized carbons (Fsp3) is 0.261. The topological polar surface area (TPSA) is 96.2 Å². The number of hydrogen-bond donors (Lipinski definition) is 1. The molecular formula is C23H25N7O2S. The van der Waals surface area contributed by atoms with Crippen molar-refractivity contribution in [2.24, 2.45) is 0 Å². The van der Waals surface area contributed by atoms with E-state index in [-0.39, 0.29) is 0 Å². The highest BCUT2D eigenvalue weighted by molar-refractivity contribution is 7.89.